The summed E-state index contributed by atoms with van der Waals surface area (Å²) in [6, 6.07) is 12.8. The van der Waals surface area contributed by atoms with Gasteiger partial charge in [0.15, 0.2) is 11.7 Å². The topological polar surface area (TPSA) is 53.7 Å². The maximum atomic E-state index is 5.40. The summed E-state index contributed by atoms with van der Waals surface area (Å²) >= 11 is 0. The summed E-state index contributed by atoms with van der Waals surface area (Å²) in [5, 5.41) is 7.51. The molecule has 2 heterocycles. The van der Waals surface area contributed by atoms with Crippen LogP contribution in [0.3, 0.4) is 0 Å². The Balaban J connectivity index is 1.51. The number of guanidine groups is 1. The fourth-order valence-corrected chi connectivity index (χ4v) is 3.32. The molecular formula is C20H28N4O. The molecule has 2 aromatic rings. The Morgan fingerprint density at radius 3 is 2.84 bits per heavy atom. The van der Waals surface area contributed by atoms with Crippen molar-refractivity contribution in [2.75, 3.05) is 20.1 Å². The highest BCUT2D eigenvalue weighted by Gasteiger charge is 2.25. The SMILES string of the molecule is CN=C(NCc1cc(C(C)C)no1)N1CCC(Cc2ccccc2)C1. The Morgan fingerprint density at radius 1 is 1.36 bits per heavy atom. The maximum absolute atomic E-state index is 5.40. The summed E-state index contributed by atoms with van der Waals surface area (Å²) in [5.74, 6) is 2.86. The molecule has 0 aliphatic carbocycles. The third-order valence-electron chi connectivity index (χ3n) is 4.75. The number of nitrogens with one attached hydrogen (secondary N) is 1. The lowest BCUT2D eigenvalue weighted by molar-refractivity contribution is 0.368. The highest BCUT2D eigenvalue weighted by Crippen LogP contribution is 2.21. The lowest BCUT2D eigenvalue weighted by Gasteiger charge is -2.21. The van der Waals surface area contributed by atoms with E-state index in [1.54, 1.807) is 0 Å². The monoisotopic (exact) mass is 340 g/mol. The highest BCUT2D eigenvalue weighted by molar-refractivity contribution is 5.80. The van der Waals surface area contributed by atoms with Crippen LogP contribution >= 0.6 is 0 Å². The number of hydrogen-bond donors (Lipinski definition) is 1. The van der Waals surface area contributed by atoms with E-state index in [9.17, 15) is 0 Å². The third kappa shape index (κ3) is 4.62. The molecule has 1 saturated heterocycles. The van der Waals surface area contributed by atoms with Crippen molar-refractivity contribution >= 4 is 5.96 Å². The van der Waals surface area contributed by atoms with Crippen molar-refractivity contribution in [3.05, 3.63) is 53.4 Å². The molecule has 1 aromatic carbocycles. The number of benzene rings is 1. The molecule has 1 atom stereocenters. The second kappa shape index (κ2) is 8.19. The molecule has 3 rings (SSSR count). The van der Waals surface area contributed by atoms with E-state index in [-0.39, 0.29) is 0 Å². The van der Waals surface area contributed by atoms with Crippen LogP contribution in [-0.4, -0.2) is 36.2 Å². The molecule has 1 N–H and O–H groups in total. The Hall–Kier alpha value is -2.30. The predicted octanol–water partition coefficient (Wildman–Crippen LogP) is 3.44. The molecule has 0 amide bonds. The first-order chi connectivity index (χ1) is 12.2. The van der Waals surface area contributed by atoms with Crippen LogP contribution in [-0.2, 0) is 13.0 Å². The van der Waals surface area contributed by atoms with Crippen molar-refractivity contribution in [2.45, 2.75) is 39.2 Å². The van der Waals surface area contributed by atoms with Crippen LogP contribution in [0.4, 0.5) is 0 Å². The molecule has 134 valence electrons. The molecule has 0 bridgehead atoms. The first-order valence-corrected chi connectivity index (χ1v) is 9.10. The van der Waals surface area contributed by atoms with Crippen LogP contribution in [0.1, 0.15) is 43.2 Å². The van der Waals surface area contributed by atoms with Crippen LogP contribution < -0.4 is 5.32 Å². The second-order valence-electron chi connectivity index (χ2n) is 7.06. The summed E-state index contributed by atoms with van der Waals surface area (Å²) in [7, 11) is 1.84. The Kier molecular flexibility index (Phi) is 5.74. The van der Waals surface area contributed by atoms with Crippen molar-refractivity contribution in [2.24, 2.45) is 10.9 Å². The molecule has 0 radical (unpaired) electrons. The lowest BCUT2D eigenvalue weighted by atomic mass is 9.99. The largest absolute Gasteiger partial charge is 0.359 e. The van der Waals surface area contributed by atoms with E-state index in [0.29, 0.717) is 18.4 Å². The number of rotatable bonds is 5. The zero-order valence-corrected chi connectivity index (χ0v) is 15.4. The fraction of sp³-hybridized carbons (Fsp3) is 0.500. The van der Waals surface area contributed by atoms with Gasteiger partial charge in [0.05, 0.1) is 12.2 Å². The average molecular weight is 340 g/mol. The van der Waals surface area contributed by atoms with Crippen LogP contribution in [0.25, 0.3) is 0 Å². The third-order valence-corrected chi connectivity index (χ3v) is 4.75. The van der Waals surface area contributed by atoms with Gasteiger partial charge in [-0.2, -0.15) is 0 Å². The summed E-state index contributed by atoms with van der Waals surface area (Å²) in [6.45, 7) is 6.94. The zero-order chi connectivity index (χ0) is 17.6. The van der Waals surface area contributed by atoms with Gasteiger partial charge in [-0.15, -0.1) is 0 Å². The maximum Gasteiger partial charge on any atom is 0.194 e. The molecule has 1 aliphatic heterocycles. The van der Waals surface area contributed by atoms with Crippen molar-refractivity contribution in [1.82, 2.24) is 15.4 Å². The van der Waals surface area contributed by atoms with E-state index in [1.807, 2.05) is 13.1 Å². The number of hydrogen-bond acceptors (Lipinski definition) is 3. The van der Waals surface area contributed by atoms with Crippen LogP contribution in [0.5, 0.6) is 0 Å². The molecule has 1 aromatic heterocycles. The smallest absolute Gasteiger partial charge is 0.194 e. The van der Waals surface area contributed by atoms with Gasteiger partial charge in [-0.3, -0.25) is 4.99 Å². The van der Waals surface area contributed by atoms with Gasteiger partial charge < -0.3 is 14.7 Å². The Labute approximate surface area is 150 Å². The van der Waals surface area contributed by atoms with Crippen molar-refractivity contribution in [3.8, 4) is 0 Å². The van der Waals surface area contributed by atoms with E-state index in [2.05, 4.69) is 64.5 Å². The van der Waals surface area contributed by atoms with Gasteiger partial charge in [0.1, 0.15) is 0 Å². The van der Waals surface area contributed by atoms with Crippen LogP contribution in [0.15, 0.2) is 45.9 Å². The summed E-state index contributed by atoms with van der Waals surface area (Å²) in [4.78, 5) is 6.78. The molecule has 25 heavy (non-hydrogen) atoms. The lowest BCUT2D eigenvalue weighted by Crippen LogP contribution is -2.39. The predicted molar refractivity (Wildman–Crippen MR) is 101 cm³/mol. The van der Waals surface area contributed by atoms with E-state index in [0.717, 1.165) is 36.9 Å². The van der Waals surface area contributed by atoms with Gasteiger partial charge in [-0.05, 0) is 30.2 Å². The summed E-state index contributed by atoms with van der Waals surface area (Å²) < 4.78 is 5.40. The van der Waals surface area contributed by atoms with E-state index in [1.165, 1.54) is 12.0 Å². The molecule has 5 heteroatoms. The molecule has 1 unspecified atom stereocenters. The molecule has 1 fully saturated rings. The van der Waals surface area contributed by atoms with E-state index in [4.69, 9.17) is 4.52 Å². The van der Waals surface area contributed by atoms with Crippen molar-refractivity contribution < 1.29 is 4.52 Å². The van der Waals surface area contributed by atoms with Gasteiger partial charge in [-0.1, -0.05) is 49.3 Å². The van der Waals surface area contributed by atoms with Gasteiger partial charge in [0.2, 0.25) is 0 Å². The number of likely N-dealkylation sites (tertiary alicyclic amines) is 1. The second-order valence-corrected chi connectivity index (χ2v) is 7.06. The molecule has 0 saturated carbocycles. The summed E-state index contributed by atoms with van der Waals surface area (Å²) in [6.07, 6.45) is 2.34. The van der Waals surface area contributed by atoms with Crippen molar-refractivity contribution in [3.63, 3.8) is 0 Å². The van der Waals surface area contributed by atoms with Crippen LogP contribution in [0.2, 0.25) is 0 Å². The van der Waals surface area contributed by atoms with Gasteiger partial charge >= 0.3 is 0 Å². The van der Waals surface area contributed by atoms with E-state index >= 15 is 0 Å². The Morgan fingerprint density at radius 2 is 2.16 bits per heavy atom. The zero-order valence-electron chi connectivity index (χ0n) is 15.4. The Bertz CT molecular complexity index is 693. The standard InChI is InChI=1S/C20H28N4O/c1-15(2)19-12-18(25-23-19)13-22-20(21-3)24-10-9-17(14-24)11-16-7-5-4-6-8-16/h4-8,12,15,17H,9-11,13-14H2,1-3H3,(H,21,22). The van der Waals surface area contributed by atoms with Gasteiger partial charge in [0, 0.05) is 26.2 Å². The molecular weight excluding hydrogens is 312 g/mol. The van der Waals surface area contributed by atoms with Crippen LogP contribution in [0, 0.1) is 5.92 Å². The minimum atomic E-state index is 0.383. The minimum absolute atomic E-state index is 0.383. The van der Waals surface area contributed by atoms with E-state index < -0.39 is 0 Å². The minimum Gasteiger partial charge on any atom is -0.359 e. The van der Waals surface area contributed by atoms with Gasteiger partial charge in [0.25, 0.3) is 0 Å². The highest BCUT2D eigenvalue weighted by atomic mass is 16.5. The first kappa shape index (κ1) is 17.5. The summed E-state index contributed by atoms with van der Waals surface area (Å²) in [5.41, 5.74) is 2.41. The quantitative estimate of drug-likeness (QED) is 0.669. The van der Waals surface area contributed by atoms with Gasteiger partial charge in [-0.25, -0.2) is 0 Å². The average Bonchev–Trinajstić information content (AvgIpc) is 3.26. The number of nitrogens with zero attached hydrogens (tertiary/aromatic N) is 3. The molecule has 0 spiro atoms. The molecule has 1 aliphatic rings. The number of aromatic nitrogens is 1. The first-order valence-electron chi connectivity index (χ1n) is 9.10. The normalized spacial score (nSPS) is 18.2. The number of aliphatic imine (C=N–C) groups is 1. The fourth-order valence-electron chi connectivity index (χ4n) is 3.32. The van der Waals surface area contributed by atoms with Crippen molar-refractivity contribution in [1.29, 1.82) is 0 Å². The molecule has 5 nitrogen and oxygen atoms in total.